The standard InChI is InChI=1S/C16H8Br2.C16H8Se4/c17-15-11-5-3-9-13(15)7-1-2-8-14-10-4-6-12-16(14)18;1-3-7-11-9(5-1)13-15(17-11)16-14(20-19-13)10-6-2-4-8-12(10)18-16/h3-6,9-12H;1-8H. The summed E-state index contributed by atoms with van der Waals surface area (Å²) >= 11 is 9.42. The van der Waals surface area contributed by atoms with E-state index in [1.807, 2.05) is 48.5 Å². The zero-order chi connectivity index (χ0) is 25.9. The number of fused-ring (bicyclic) bond motifs is 7. The summed E-state index contributed by atoms with van der Waals surface area (Å²) in [5.74, 6) is 11.7. The van der Waals surface area contributed by atoms with Crippen LogP contribution in [0.4, 0.5) is 0 Å². The second-order valence-electron chi connectivity index (χ2n) is 8.14. The molecule has 2 aromatic heterocycles. The van der Waals surface area contributed by atoms with Gasteiger partial charge in [0, 0.05) is 20.1 Å². The van der Waals surface area contributed by atoms with Gasteiger partial charge in [0.05, 0.1) is 0 Å². The maximum atomic E-state index is 3.45. The van der Waals surface area contributed by atoms with Crippen LogP contribution in [0, 0.1) is 23.7 Å². The normalized spacial score (nSPS) is 11.3. The number of hydrogen-bond donors (Lipinski definition) is 0. The molecule has 0 atom stereocenters. The quantitative estimate of drug-likeness (QED) is 0.130. The Kier molecular flexibility index (Phi) is 8.69. The molecule has 6 aromatic rings. The number of hydrogen-bond acceptors (Lipinski definition) is 0. The second kappa shape index (κ2) is 12.4. The van der Waals surface area contributed by atoms with Crippen LogP contribution in [0.5, 0.6) is 0 Å². The second-order valence-corrected chi connectivity index (χ2v) is 20.3. The zero-order valence-corrected chi connectivity index (χ0v) is 29.7. The fraction of sp³-hybridized carbons (Fsp3) is 0. The van der Waals surface area contributed by atoms with Gasteiger partial charge in [-0.2, -0.15) is 0 Å². The van der Waals surface area contributed by atoms with Crippen molar-refractivity contribution in [2.45, 2.75) is 0 Å². The van der Waals surface area contributed by atoms with Crippen molar-refractivity contribution in [3.05, 3.63) is 117 Å². The van der Waals surface area contributed by atoms with Crippen LogP contribution in [0.2, 0.25) is 0 Å². The van der Waals surface area contributed by atoms with E-state index in [2.05, 4.69) is 104 Å². The third-order valence-electron chi connectivity index (χ3n) is 5.72. The van der Waals surface area contributed by atoms with E-state index in [4.69, 9.17) is 0 Å². The van der Waals surface area contributed by atoms with Crippen molar-refractivity contribution in [2.75, 3.05) is 0 Å². The van der Waals surface area contributed by atoms with Gasteiger partial charge in [-0.05, 0) is 68.0 Å². The molecule has 0 spiro atoms. The Morgan fingerprint density at radius 3 is 1.32 bits per heavy atom. The molecule has 6 heteroatoms. The van der Waals surface area contributed by atoms with E-state index in [0.29, 0.717) is 55.3 Å². The van der Waals surface area contributed by atoms with Gasteiger partial charge < -0.3 is 0 Å². The van der Waals surface area contributed by atoms with Crippen LogP contribution in [-0.4, -0.2) is 55.3 Å². The molecule has 0 bridgehead atoms. The Balaban J connectivity index is 0.000000140. The monoisotopic (exact) mass is 878 g/mol. The molecular formula is C32H16Br2Se4. The number of halogens is 2. The molecule has 0 saturated carbocycles. The zero-order valence-electron chi connectivity index (χ0n) is 19.6. The van der Waals surface area contributed by atoms with Gasteiger partial charge in [0.25, 0.3) is 0 Å². The summed E-state index contributed by atoms with van der Waals surface area (Å²) in [6, 6.07) is 33.9. The maximum absolute atomic E-state index is 3.45. The molecule has 182 valence electrons. The molecule has 7 rings (SSSR count). The fourth-order valence-electron chi connectivity index (χ4n) is 3.91. The van der Waals surface area contributed by atoms with Crippen LogP contribution >= 0.6 is 31.9 Å². The van der Waals surface area contributed by atoms with Gasteiger partial charge >= 0.3 is 141 Å². The molecule has 0 nitrogen and oxygen atoms in total. The Morgan fingerprint density at radius 2 is 0.868 bits per heavy atom. The Bertz CT molecular complexity index is 1780. The van der Waals surface area contributed by atoms with Crippen molar-refractivity contribution in [1.82, 2.24) is 0 Å². The minimum atomic E-state index is 0.564. The summed E-state index contributed by atoms with van der Waals surface area (Å²) in [7, 11) is 0. The van der Waals surface area contributed by atoms with Crippen LogP contribution in [0.15, 0.2) is 106 Å². The summed E-state index contributed by atoms with van der Waals surface area (Å²) in [5.41, 5.74) is 1.89. The molecule has 38 heavy (non-hydrogen) atoms. The molecular weight excluding hydrogens is 860 g/mol. The molecule has 0 radical (unpaired) electrons. The molecule has 0 N–H and O–H groups in total. The van der Waals surface area contributed by atoms with Crippen LogP contribution in [0.25, 0.3) is 28.2 Å². The topological polar surface area (TPSA) is 0 Å². The Hall–Kier alpha value is -1.48. The van der Waals surface area contributed by atoms with Gasteiger partial charge in [-0.25, -0.2) is 0 Å². The molecule has 4 aromatic carbocycles. The van der Waals surface area contributed by atoms with Gasteiger partial charge in [0.2, 0.25) is 0 Å². The first-order chi connectivity index (χ1) is 18.7. The van der Waals surface area contributed by atoms with E-state index in [-0.39, 0.29) is 0 Å². The molecule has 1 aliphatic rings. The molecule has 0 aliphatic carbocycles. The first-order valence-electron chi connectivity index (χ1n) is 11.6. The van der Waals surface area contributed by atoms with Crippen molar-refractivity contribution >= 4 is 115 Å². The van der Waals surface area contributed by atoms with Gasteiger partial charge in [-0.1, -0.05) is 36.1 Å². The SMILES string of the molecule is Brc1ccccc1C#CC#Cc1ccccc1Br.c1ccc2c3c([se]c2c1)-c1[se]c2ccccc2c1[Se][Se]3. The molecule has 0 amide bonds. The predicted molar refractivity (Wildman–Crippen MR) is 174 cm³/mol. The predicted octanol–water partition coefficient (Wildman–Crippen LogP) is 5.98. The third kappa shape index (κ3) is 5.70. The third-order valence-corrected chi connectivity index (χ3v) is 21.2. The average molecular weight is 876 g/mol. The molecule has 0 saturated heterocycles. The van der Waals surface area contributed by atoms with E-state index in [1.54, 1.807) is 37.1 Å². The van der Waals surface area contributed by atoms with Crippen LogP contribution < -0.4 is 8.92 Å². The van der Waals surface area contributed by atoms with Crippen molar-refractivity contribution in [2.24, 2.45) is 0 Å². The molecule has 3 heterocycles. The van der Waals surface area contributed by atoms with Crippen molar-refractivity contribution in [3.63, 3.8) is 0 Å². The summed E-state index contributed by atoms with van der Waals surface area (Å²) in [5, 5.41) is 3.20. The number of benzene rings is 4. The van der Waals surface area contributed by atoms with E-state index >= 15 is 0 Å². The minimum absolute atomic E-state index is 0.564. The average Bonchev–Trinajstić information content (AvgIpc) is 3.52. The van der Waals surface area contributed by atoms with Gasteiger partial charge in [-0.3, -0.25) is 0 Å². The van der Waals surface area contributed by atoms with Gasteiger partial charge in [0.1, 0.15) is 0 Å². The van der Waals surface area contributed by atoms with Crippen LogP contribution in [0.1, 0.15) is 11.1 Å². The van der Waals surface area contributed by atoms with Gasteiger partial charge in [-0.15, -0.1) is 0 Å². The van der Waals surface area contributed by atoms with E-state index in [1.165, 1.54) is 0 Å². The van der Waals surface area contributed by atoms with E-state index in [9.17, 15) is 0 Å². The Labute approximate surface area is 262 Å². The fourth-order valence-corrected chi connectivity index (χ4v) is 23.7. The molecule has 1 aliphatic heterocycles. The summed E-state index contributed by atoms with van der Waals surface area (Å²) in [6.45, 7) is 0. The first kappa shape index (κ1) is 26.7. The van der Waals surface area contributed by atoms with Crippen molar-refractivity contribution < 1.29 is 0 Å². The van der Waals surface area contributed by atoms with Crippen LogP contribution in [-0.2, 0) is 0 Å². The molecule has 0 unspecified atom stereocenters. The van der Waals surface area contributed by atoms with E-state index in [0.717, 1.165) is 20.1 Å². The first-order valence-corrected chi connectivity index (χ1v) is 22.6. The summed E-state index contributed by atoms with van der Waals surface area (Å²) < 4.78 is 12.3. The van der Waals surface area contributed by atoms with Crippen molar-refractivity contribution in [3.8, 4) is 32.6 Å². The summed E-state index contributed by atoms with van der Waals surface area (Å²) in [4.78, 5) is 0. The van der Waals surface area contributed by atoms with Gasteiger partial charge in [0.15, 0.2) is 0 Å². The number of rotatable bonds is 0. The Morgan fingerprint density at radius 1 is 0.474 bits per heavy atom. The van der Waals surface area contributed by atoms with Crippen LogP contribution in [0.3, 0.4) is 0 Å². The van der Waals surface area contributed by atoms with Crippen molar-refractivity contribution in [1.29, 1.82) is 0 Å². The molecule has 0 fully saturated rings. The summed E-state index contributed by atoms with van der Waals surface area (Å²) in [6.07, 6.45) is 0. The van der Waals surface area contributed by atoms with E-state index < -0.39 is 0 Å².